The van der Waals surface area contributed by atoms with Gasteiger partial charge in [0.1, 0.15) is 12.4 Å². The number of carbonyl (C=O) groups excluding carboxylic acids is 1. The number of hydrogen-bond donors (Lipinski definition) is 1. The maximum absolute atomic E-state index is 14.3. The van der Waals surface area contributed by atoms with Gasteiger partial charge in [-0.2, -0.15) is 0 Å². The van der Waals surface area contributed by atoms with E-state index in [0.29, 0.717) is 10.9 Å². The largest absolute Gasteiger partial charge is 0.337 e. The fraction of sp³-hybridized carbons (Fsp3) is 0.160. The third-order valence-electron chi connectivity index (χ3n) is 5.54. The molecular weight excluding hydrogens is 463 g/mol. The maximum Gasteiger partial charge on any atom is 0.244 e. The van der Waals surface area contributed by atoms with Crippen LogP contribution in [0.5, 0.6) is 0 Å². The van der Waals surface area contributed by atoms with Crippen molar-refractivity contribution in [2.45, 2.75) is 31.0 Å². The van der Waals surface area contributed by atoms with Crippen molar-refractivity contribution in [2.75, 3.05) is 5.32 Å². The van der Waals surface area contributed by atoms with Crippen molar-refractivity contribution in [1.29, 1.82) is 0 Å². The minimum atomic E-state index is -3.95. The number of nitrogens with zero attached hydrogens (tertiary/aromatic N) is 1. The van der Waals surface area contributed by atoms with Gasteiger partial charge in [-0.25, -0.2) is 12.8 Å². The molecule has 3 aromatic carbocycles. The van der Waals surface area contributed by atoms with Gasteiger partial charge in [-0.05, 0) is 43.2 Å². The zero-order valence-corrected chi connectivity index (χ0v) is 19.7. The Morgan fingerprint density at radius 1 is 1.00 bits per heavy atom. The normalized spacial score (nSPS) is 11.6. The molecule has 4 rings (SSSR count). The van der Waals surface area contributed by atoms with Gasteiger partial charge in [0.15, 0.2) is 9.84 Å². The van der Waals surface area contributed by atoms with Crippen LogP contribution < -0.4 is 5.32 Å². The van der Waals surface area contributed by atoms with E-state index in [1.165, 1.54) is 24.4 Å². The van der Waals surface area contributed by atoms with E-state index < -0.39 is 21.4 Å². The number of sulfone groups is 1. The second-order valence-corrected chi connectivity index (χ2v) is 10.3. The van der Waals surface area contributed by atoms with Crippen LogP contribution in [0, 0.1) is 19.7 Å². The van der Waals surface area contributed by atoms with Gasteiger partial charge >= 0.3 is 0 Å². The molecule has 1 heterocycles. The molecule has 0 spiro atoms. The maximum atomic E-state index is 14.3. The first-order valence-electron chi connectivity index (χ1n) is 10.3. The molecule has 0 bridgehead atoms. The summed E-state index contributed by atoms with van der Waals surface area (Å²) in [5.41, 5.74) is 3.12. The van der Waals surface area contributed by atoms with Crippen LogP contribution in [0.3, 0.4) is 0 Å². The van der Waals surface area contributed by atoms with Crippen molar-refractivity contribution in [3.63, 3.8) is 0 Å². The van der Waals surface area contributed by atoms with Crippen LogP contribution >= 0.6 is 11.6 Å². The van der Waals surface area contributed by atoms with Gasteiger partial charge in [0.05, 0.1) is 10.6 Å². The standard InChI is InChI=1S/C25H22ClFN2O3S/c1-16-7-5-8-17(2)25(16)28-24(30)14-29-13-23(18-9-3-4-12-22(18)29)33(31,32)15-19-20(26)10-6-11-21(19)27/h3-13H,14-15H2,1-2H3,(H,28,30). The lowest BCUT2D eigenvalue weighted by Gasteiger charge is -2.12. The van der Waals surface area contributed by atoms with E-state index in [2.05, 4.69) is 5.32 Å². The molecule has 0 fully saturated rings. The first kappa shape index (κ1) is 23.0. The number of nitrogens with one attached hydrogen (secondary N) is 1. The minimum Gasteiger partial charge on any atom is -0.337 e. The van der Waals surface area contributed by atoms with Crippen LogP contribution in [0.15, 0.2) is 71.8 Å². The van der Waals surface area contributed by atoms with Crippen molar-refractivity contribution >= 4 is 43.9 Å². The molecule has 0 aliphatic heterocycles. The monoisotopic (exact) mass is 484 g/mol. The molecule has 33 heavy (non-hydrogen) atoms. The lowest BCUT2D eigenvalue weighted by Crippen LogP contribution is -2.19. The van der Waals surface area contributed by atoms with E-state index in [1.54, 1.807) is 28.8 Å². The van der Waals surface area contributed by atoms with E-state index in [4.69, 9.17) is 11.6 Å². The Hall–Kier alpha value is -3.16. The van der Waals surface area contributed by atoms with Crippen molar-refractivity contribution in [3.8, 4) is 0 Å². The number of halogens is 2. The summed E-state index contributed by atoms with van der Waals surface area (Å²) in [5, 5.41) is 3.43. The van der Waals surface area contributed by atoms with Crippen LogP contribution in [-0.2, 0) is 26.9 Å². The number of fused-ring (bicyclic) bond motifs is 1. The summed E-state index contributed by atoms with van der Waals surface area (Å²) in [6.45, 7) is 3.74. The molecule has 0 unspecified atom stereocenters. The predicted octanol–water partition coefficient (Wildman–Crippen LogP) is 5.66. The Morgan fingerprint density at radius 3 is 2.36 bits per heavy atom. The predicted molar refractivity (Wildman–Crippen MR) is 129 cm³/mol. The molecule has 1 aromatic heterocycles. The summed E-state index contributed by atoms with van der Waals surface area (Å²) in [6, 6.07) is 16.7. The molecule has 0 radical (unpaired) electrons. The number of aryl methyl sites for hydroxylation is 2. The van der Waals surface area contributed by atoms with Gasteiger partial charge in [-0.15, -0.1) is 0 Å². The third-order valence-corrected chi connectivity index (χ3v) is 7.56. The Labute approximate surface area is 196 Å². The average molecular weight is 485 g/mol. The molecule has 5 nitrogen and oxygen atoms in total. The van der Waals surface area contributed by atoms with Crippen molar-refractivity contribution in [2.24, 2.45) is 0 Å². The molecule has 0 atom stereocenters. The van der Waals surface area contributed by atoms with Gasteiger partial charge in [-0.3, -0.25) is 4.79 Å². The average Bonchev–Trinajstić information content (AvgIpc) is 3.13. The number of amides is 1. The van der Waals surface area contributed by atoms with E-state index in [-0.39, 0.29) is 27.9 Å². The van der Waals surface area contributed by atoms with Gasteiger partial charge < -0.3 is 9.88 Å². The molecule has 8 heteroatoms. The molecule has 0 aliphatic rings. The number of para-hydroxylation sites is 2. The number of anilines is 1. The topological polar surface area (TPSA) is 68.2 Å². The van der Waals surface area contributed by atoms with Crippen LogP contribution in [0.25, 0.3) is 10.9 Å². The Morgan fingerprint density at radius 2 is 1.67 bits per heavy atom. The quantitative estimate of drug-likeness (QED) is 0.383. The molecule has 1 amide bonds. The van der Waals surface area contributed by atoms with E-state index in [0.717, 1.165) is 16.8 Å². The molecule has 0 saturated carbocycles. The van der Waals surface area contributed by atoms with E-state index in [9.17, 15) is 17.6 Å². The molecule has 0 saturated heterocycles. The summed E-state index contributed by atoms with van der Waals surface area (Å²) in [6.07, 6.45) is 1.43. The zero-order chi connectivity index (χ0) is 23.8. The lowest BCUT2D eigenvalue weighted by molar-refractivity contribution is -0.116. The summed E-state index contributed by atoms with van der Waals surface area (Å²) in [5.74, 6) is -1.54. The first-order chi connectivity index (χ1) is 15.7. The van der Waals surface area contributed by atoms with E-state index >= 15 is 0 Å². The number of hydrogen-bond acceptors (Lipinski definition) is 3. The minimum absolute atomic E-state index is 0.0253. The number of benzene rings is 3. The van der Waals surface area contributed by atoms with Crippen LogP contribution in [0.2, 0.25) is 5.02 Å². The summed E-state index contributed by atoms with van der Waals surface area (Å²) in [4.78, 5) is 12.8. The molecular formula is C25H22ClFN2O3S. The molecule has 0 aliphatic carbocycles. The second-order valence-electron chi connectivity index (χ2n) is 7.91. The Kier molecular flexibility index (Phi) is 6.28. The van der Waals surface area contributed by atoms with Crippen LogP contribution in [0.1, 0.15) is 16.7 Å². The summed E-state index contributed by atoms with van der Waals surface area (Å²) >= 11 is 6.06. The van der Waals surface area contributed by atoms with E-state index in [1.807, 2.05) is 32.0 Å². The Balaban J connectivity index is 1.69. The van der Waals surface area contributed by atoms with Gasteiger partial charge in [0.25, 0.3) is 0 Å². The fourth-order valence-electron chi connectivity index (χ4n) is 3.88. The van der Waals surface area contributed by atoms with Crippen molar-refractivity contribution in [1.82, 2.24) is 4.57 Å². The zero-order valence-electron chi connectivity index (χ0n) is 18.1. The first-order valence-corrected chi connectivity index (χ1v) is 12.3. The highest BCUT2D eigenvalue weighted by Crippen LogP contribution is 2.30. The summed E-state index contributed by atoms with van der Waals surface area (Å²) in [7, 11) is -3.95. The number of aromatic nitrogens is 1. The van der Waals surface area contributed by atoms with Gasteiger partial charge in [0, 0.05) is 33.4 Å². The van der Waals surface area contributed by atoms with Crippen LogP contribution in [0.4, 0.5) is 10.1 Å². The SMILES string of the molecule is Cc1cccc(C)c1NC(=O)Cn1cc(S(=O)(=O)Cc2c(F)cccc2Cl)c2ccccc21. The second kappa shape index (κ2) is 9.00. The number of carbonyl (C=O) groups is 1. The van der Waals surface area contributed by atoms with Crippen molar-refractivity contribution in [3.05, 3.63) is 94.4 Å². The fourth-order valence-corrected chi connectivity index (χ4v) is 5.81. The lowest BCUT2D eigenvalue weighted by atomic mass is 10.1. The third kappa shape index (κ3) is 4.65. The summed E-state index contributed by atoms with van der Waals surface area (Å²) < 4.78 is 42.4. The van der Waals surface area contributed by atoms with Crippen molar-refractivity contribution < 1.29 is 17.6 Å². The van der Waals surface area contributed by atoms with Crippen LogP contribution in [-0.4, -0.2) is 18.9 Å². The highest BCUT2D eigenvalue weighted by Gasteiger charge is 2.25. The number of rotatable bonds is 6. The Bertz CT molecular complexity index is 1440. The smallest absolute Gasteiger partial charge is 0.244 e. The van der Waals surface area contributed by atoms with Gasteiger partial charge in [-0.1, -0.05) is 54.1 Å². The molecule has 1 N–H and O–H groups in total. The molecule has 170 valence electrons. The van der Waals surface area contributed by atoms with Gasteiger partial charge in [0.2, 0.25) is 5.91 Å². The highest BCUT2D eigenvalue weighted by atomic mass is 35.5. The highest BCUT2D eigenvalue weighted by molar-refractivity contribution is 7.90. The molecule has 4 aromatic rings.